The topological polar surface area (TPSA) is 46.2 Å². The van der Waals surface area contributed by atoms with E-state index >= 15 is 0 Å². The number of hydrogen-bond donors (Lipinski definition) is 1. The molecule has 3 aromatic rings. The summed E-state index contributed by atoms with van der Waals surface area (Å²) in [5.41, 5.74) is 2.32. The van der Waals surface area contributed by atoms with Gasteiger partial charge in [0, 0.05) is 24.1 Å². The fourth-order valence-corrected chi connectivity index (χ4v) is 2.63. The van der Waals surface area contributed by atoms with Crippen molar-refractivity contribution in [3.63, 3.8) is 0 Å². The van der Waals surface area contributed by atoms with Crippen molar-refractivity contribution < 1.29 is 9.59 Å². The molecule has 3 aromatic carbocycles. The zero-order valence-electron chi connectivity index (χ0n) is 13.6. The lowest BCUT2D eigenvalue weighted by Gasteiger charge is -2.07. The lowest BCUT2D eigenvalue weighted by atomic mass is 10.1. The number of rotatable bonds is 5. The van der Waals surface area contributed by atoms with E-state index in [4.69, 9.17) is 0 Å². The van der Waals surface area contributed by atoms with Crippen LogP contribution in [0.5, 0.6) is 0 Å². The van der Waals surface area contributed by atoms with Crippen LogP contribution in [0.15, 0.2) is 66.7 Å². The lowest BCUT2D eigenvalue weighted by molar-refractivity contribution is 0.0949. The minimum atomic E-state index is -0.102. The van der Waals surface area contributed by atoms with Gasteiger partial charge in [0.05, 0.1) is 0 Å². The number of hydrogen-bond acceptors (Lipinski definition) is 2. The summed E-state index contributed by atoms with van der Waals surface area (Å²) >= 11 is 0. The van der Waals surface area contributed by atoms with Crippen LogP contribution in [0.1, 0.15) is 39.6 Å². The molecule has 0 saturated heterocycles. The van der Waals surface area contributed by atoms with Crippen molar-refractivity contribution in [2.75, 3.05) is 0 Å². The van der Waals surface area contributed by atoms with Crippen LogP contribution in [-0.4, -0.2) is 11.7 Å². The Balaban J connectivity index is 1.67. The summed E-state index contributed by atoms with van der Waals surface area (Å²) in [5, 5.41) is 5.08. The average Bonchev–Trinajstić information content (AvgIpc) is 2.65. The molecule has 0 fully saturated rings. The first-order valence-electron chi connectivity index (χ1n) is 8.06. The van der Waals surface area contributed by atoms with Gasteiger partial charge in [-0.25, -0.2) is 0 Å². The molecule has 0 spiro atoms. The fraction of sp³-hybridized carbons (Fsp3) is 0.143. The molecule has 3 heteroatoms. The van der Waals surface area contributed by atoms with E-state index < -0.39 is 0 Å². The van der Waals surface area contributed by atoms with Gasteiger partial charge >= 0.3 is 0 Å². The van der Waals surface area contributed by atoms with Gasteiger partial charge in [0.15, 0.2) is 5.78 Å². The Morgan fingerprint density at radius 3 is 2.21 bits per heavy atom. The number of carbonyl (C=O) groups excluding carboxylic acids is 2. The summed E-state index contributed by atoms with van der Waals surface area (Å²) in [6, 6.07) is 21.0. The van der Waals surface area contributed by atoms with E-state index in [1.807, 2.05) is 73.7 Å². The molecule has 0 aliphatic rings. The zero-order valence-corrected chi connectivity index (χ0v) is 13.6. The Labute approximate surface area is 141 Å². The van der Waals surface area contributed by atoms with Crippen LogP contribution in [0.4, 0.5) is 0 Å². The summed E-state index contributed by atoms with van der Waals surface area (Å²) in [7, 11) is 0. The lowest BCUT2D eigenvalue weighted by Crippen LogP contribution is -2.22. The maximum atomic E-state index is 12.3. The minimum Gasteiger partial charge on any atom is -0.348 e. The Morgan fingerprint density at radius 1 is 0.833 bits per heavy atom. The molecule has 1 N–H and O–H groups in total. The van der Waals surface area contributed by atoms with Crippen LogP contribution < -0.4 is 5.32 Å². The molecule has 1 amide bonds. The Kier molecular flexibility index (Phi) is 4.71. The maximum Gasteiger partial charge on any atom is 0.251 e. The van der Waals surface area contributed by atoms with Crippen LogP contribution in [0.2, 0.25) is 0 Å². The van der Waals surface area contributed by atoms with Gasteiger partial charge in [-0.1, -0.05) is 61.5 Å². The second-order valence-corrected chi connectivity index (χ2v) is 5.72. The van der Waals surface area contributed by atoms with Crippen molar-refractivity contribution in [2.24, 2.45) is 0 Å². The van der Waals surface area contributed by atoms with Crippen LogP contribution in [0.25, 0.3) is 10.8 Å². The van der Waals surface area contributed by atoms with E-state index in [1.54, 1.807) is 0 Å². The summed E-state index contributed by atoms with van der Waals surface area (Å²) in [4.78, 5) is 23.9. The molecular formula is C21H19NO2. The molecule has 0 heterocycles. The predicted molar refractivity (Wildman–Crippen MR) is 96.2 cm³/mol. The van der Waals surface area contributed by atoms with E-state index in [1.165, 1.54) is 0 Å². The first kappa shape index (κ1) is 15.9. The van der Waals surface area contributed by atoms with Crippen LogP contribution in [0.3, 0.4) is 0 Å². The largest absolute Gasteiger partial charge is 0.348 e. The highest BCUT2D eigenvalue weighted by Gasteiger charge is 2.07. The highest BCUT2D eigenvalue weighted by molar-refractivity contribution is 5.98. The first-order chi connectivity index (χ1) is 11.7. The molecule has 0 unspecified atom stereocenters. The fourth-order valence-electron chi connectivity index (χ4n) is 2.63. The summed E-state index contributed by atoms with van der Waals surface area (Å²) < 4.78 is 0. The van der Waals surface area contributed by atoms with E-state index in [-0.39, 0.29) is 11.7 Å². The number of fused-ring (bicyclic) bond motifs is 1. The van der Waals surface area contributed by atoms with Gasteiger partial charge in [0.1, 0.15) is 0 Å². The minimum absolute atomic E-state index is 0.102. The third kappa shape index (κ3) is 3.51. The predicted octanol–water partition coefficient (Wildman–Crippen LogP) is 4.36. The molecule has 3 rings (SSSR count). The summed E-state index contributed by atoms with van der Waals surface area (Å²) in [6.07, 6.45) is 0.498. The van der Waals surface area contributed by atoms with Crippen LogP contribution >= 0.6 is 0 Å². The van der Waals surface area contributed by atoms with Crippen molar-refractivity contribution in [1.82, 2.24) is 5.32 Å². The molecular weight excluding hydrogens is 298 g/mol. The molecule has 0 aromatic heterocycles. The van der Waals surface area contributed by atoms with Gasteiger partial charge in [-0.05, 0) is 28.5 Å². The van der Waals surface area contributed by atoms with Gasteiger partial charge in [-0.3, -0.25) is 9.59 Å². The molecule has 0 radical (unpaired) electrons. The second kappa shape index (κ2) is 7.09. The smallest absolute Gasteiger partial charge is 0.251 e. The standard InChI is InChI=1S/C21H19NO2/c1-2-20(23)17-9-7-15(8-10-17)14-22-21(24)19-12-11-16-5-3-4-6-18(16)13-19/h3-13H,2,14H2,1H3,(H,22,24). The molecule has 0 bridgehead atoms. The molecule has 120 valence electrons. The van der Waals surface area contributed by atoms with Gasteiger partial charge < -0.3 is 5.32 Å². The van der Waals surface area contributed by atoms with Gasteiger partial charge in [0.25, 0.3) is 5.91 Å². The zero-order chi connectivity index (χ0) is 16.9. The summed E-state index contributed by atoms with van der Waals surface area (Å²) in [5.74, 6) is 0.0243. The quantitative estimate of drug-likeness (QED) is 0.711. The SMILES string of the molecule is CCC(=O)c1ccc(CNC(=O)c2ccc3ccccc3c2)cc1. The normalized spacial score (nSPS) is 10.5. The number of benzene rings is 3. The van der Waals surface area contributed by atoms with Crippen molar-refractivity contribution in [3.05, 3.63) is 83.4 Å². The number of amides is 1. The Morgan fingerprint density at radius 2 is 1.50 bits per heavy atom. The van der Waals surface area contributed by atoms with Crippen LogP contribution in [0, 0.1) is 0 Å². The van der Waals surface area contributed by atoms with Gasteiger partial charge in [-0.15, -0.1) is 0 Å². The third-order valence-corrected chi connectivity index (χ3v) is 4.06. The third-order valence-electron chi connectivity index (χ3n) is 4.06. The van der Waals surface area contributed by atoms with Crippen molar-refractivity contribution in [3.8, 4) is 0 Å². The number of carbonyl (C=O) groups is 2. The van der Waals surface area contributed by atoms with E-state index in [0.717, 1.165) is 16.3 Å². The molecule has 24 heavy (non-hydrogen) atoms. The van der Waals surface area contributed by atoms with Crippen molar-refractivity contribution in [2.45, 2.75) is 19.9 Å². The Hall–Kier alpha value is -2.94. The molecule has 3 nitrogen and oxygen atoms in total. The maximum absolute atomic E-state index is 12.3. The van der Waals surface area contributed by atoms with Crippen molar-refractivity contribution >= 4 is 22.5 Å². The molecule has 0 atom stereocenters. The monoisotopic (exact) mass is 317 g/mol. The highest BCUT2D eigenvalue weighted by atomic mass is 16.1. The molecule has 0 aliphatic heterocycles. The van der Waals surface area contributed by atoms with E-state index in [2.05, 4.69) is 5.32 Å². The van der Waals surface area contributed by atoms with E-state index in [0.29, 0.717) is 24.1 Å². The molecule has 0 saturated carbocycles. The Bertz CT molecular complexity index is 882. The van der Waals surface area contributed by atoms with Crippen LogP contribution in [-0.2, 0) is 6.54 Å². The van der Waals surface area contributed by atoms with Crippen molar-refractivity contribution in [1.29, 1.82) is 0 Å². The summed E-state index contributed by atoms with van der Waals surface area (Å²) in [6.45, 7) is 2.28. The average molecular weight is 317 g/mol. The molecule has 0 aliphatic carbocycles. The number of nitrogens with one attached hydrogen (secondary N) is 1. The first-order valence-corrected chi connectivity index (χ1v) is 8.06. The second-order valence-electron chi connectivity index (χ2n) is 5.72. The number of Topliss-reactive ketones (excluding diaryl/α,β-unsaturated/α-hetero) is 1. The highest BCUT2D eigenvalue weighted by Crippen LogP contribution is 2.15. The van der Waals surface area contributed by atoms with E-state index in [9.17, 15) is 9.59 Å². The van der Waals surface area contributed by atoms with Gasteiger partial charge in [0.2, 0.25) is 0 Å². The number of ketones is 1. The van der Waals surface area contributed by atoms with Gasteiger partial charge in [-0.2, -0.15) is 0 Å².